The van der Waals surface area contributed by atoms with E-state index in [1.807, 2.05) is 0 Å². The molecule has 0 aromatic heterocycles. The van der Waals surface area contributed by atoms with Gasteiger partial charge in [0.25, 0.3) is 20.3 Å². The highest BCUT2D eigenvalue weighted by molar-refractivity contribution is 6.52. The summed E-state index contributed by atoms with van der Waals surface area (Å²) in [7, 11) is -5.84. The number of nitrogens with zero attached hydrogens (tertiary/aromatic N) is 4. The van der Waals surface area contributed by atoms with Crippen LogP contribution in [0.1, 0.15) is 0 Å². The van der Waals surface area contributed by atoms with Crippen molar-refractivity contribution in [3.05, 3.63) is 40.5 Å². The molecule has 0 bridgehead atoms. The van der Waals surface area contributed by atoms with Crippen LogP contribution in [0, 0.1) is 40.5 Å². The normalized spacial score (nSPS) is 9.88. The first-order valence-electron chi connectivity index (χ1n) is 3.01. The van der Waals surface area contributed by atoms with Crippen molar-refractivity contribution in [3.8, 4) is 0 Å². The minimum absolute atomic E-state index is 1.84. The maximum Gasteiger partial charge on any atom is 0.787 e. The predicted molar refractivity (Wildman–Crippen MR) is 38.1 cm³/mol. The van der Waals surface area contributed by atoms with E-state index in [2.05, 4.69) is 18.1 Å². The van der Waals surface area contributed by atoms with E-state index >= 15 is 0 Å². The van der Waals surface area contributed by atoms with Gasteiger partial charge in [0, 0.05) is 0 Å². The van der Waals surface area contributed by atoms with Crippen molar-refractivity contribution >= 4 is 9.05 Å². The minimum Gasteiger partial charge on any atom is -0.269 e. The second kappa shape index (κ2) is 5.20. The van der Waals surface area contributed by atoms with Gasteiger partial charge < -0.3 is 0 Å². The molecule has 0 aliphatic heterocycles. The zero-order valence-electron chi connectivity index (χ0n) is 7.19. The number of rotatable bonds is 8. The summed E-state index contributed by atoms with van der Waals surface area (Å²) >= 11 is 0. The summed E-state index contributed by atoms with van der Waals surface area (Å²) in [6, 6.07) is 0. The van der Waals surface area contributed by atoms with Crippen LogP contribution in [0.3, 0.4) is 0 Å². The van der Waals surface area contributed by atoms with Crippen molar-refractivity contribution in [2.75, 3.05) is 0 Å². The summed E-state index contributed by atoms with van der Waals surface area (Å²) in [5, 5.41) is 32.1. The van der Waals surface area contributed by atoms with Crippen molar-refractivity contribution in [3.63, 3.8) is 0 Å². The molecule has 96 valence electrons. The first-order chi connectivity index (χ1) is 7.67. The van der Waals surface area contributed by atoms with Gasteiger partial charge in [0.15, 0.2) is 0 Å². The van der Waals surface area contributed by atoms with Crippen molar-refractivity contribution in [2.24, 2.45) is 0 Å². The molecule has 0 fully saturated rings. The summed E-state index contributed by atoms with van der Waals surface area (Å²) < 4.78 is 13.0. The second-order valence-electron chi connectivity index (χ2n) is 1.76. The van der Waals surface area contributed by atoms with Crippen LogP contribution in [0.25, 0.3) is 0 Å². The van der Waals surface area contributed by atoms with E-state index in [0.717, 1.165) is 0 Å². The van der Waals surface area contributed by atoms with Gasteiger partial charge in [-0.05, 0) is 0 Å². The van der Waals surface area contributed by atoms with Crippen molar-refractivity contribution < 1.29 is 38.5 Å². The molecule has 0 aromatic carbocycles. The van der Waals surface area contributed by atoms with E-state index in [4.69, 9.17) is 0 Å². The Balaban J connectivity index is 5.16. The van der Waals surface area contributed by atoms with Gasteiger partial charge in [0.1, 0.15) is 0 Å². The molecule has 0 aliphatic carbocycles. The van der Waals surface area contributed by atoms with E-state index in [1.54, 1.807) is 0 Å². The highest BCUT2D eigenvalue weighted by Crippen LogP contribution is 2.12. The SMILES string of the molecule is O=[N+]([O-])O[Si](O[N+](=O)[O-])(O[N+](=O)[O-])O[N+](=O)[O-]. The fourth-order valence-corrected chi connectivity index (χ4v) is 1.40. The Morgan fingerprint density at radius 2 is 0.765 bits per heavy atom. The fraction of sp³-hybridized carbons (Fsp3) is 0. The molecule has 17 heavy (non-hydrogen) atoms. The van der Waals surface area contributed by atoms with Gasteiger partial charge in [-0.2, -0.15) is 0 Å². The molecular weight excluding hydrogens is 276 g/mol. The molecule has 0 rings (SSSR count). The molecule has 0 unspecified atom stereocenters. The molecule has 0 saturated carbocycles. The average Bonchev–Trinajstić information content (AvgIpc) is 1.95. The lowest BCUT2D eigenvalue weighted by atomic mass is 13.1. The van der Waals surface area contributed by atoms with E-state index in [9.17, 15) is 40.5 Å². The van der Waals surface area contributed by atoms with Crippen molar-refractivity contribution in [1.29, 1.82) is 0 Å². The van der Waals surface area contributed by atoms with Gasteiger partial charge in [-0.3, -0.25) is 18.1 Å². The van der Waals surface area contributed by atoms with E-state index in [1.165, 1.54) is 0 Å². The standard InChI is InChI=1S/N4O12Si/c5-1(6)13-17(14-2(7)8,15-3(9)10)16-4(11)12. The largest absolute Gasteiger partial charge is 0.787 e. The van der Waals surface area contributed by atoms with Gasteiger partial charge in [0.05, 0.1) is 0 Å². The Morgan fingerprint density at radius 1 is 0.588 bits per heavy atom. The molecule has 16 nitrogen and oxygen atoms in total. The molecule has 0 amide bonds. The van der Waals surface area contributed by atoms with Crippen LogP contribution in [0.4, 0.5) is 0 Å². The maximum absolute atomic E-state index is 9.87. The molecule has 0 atom stereocenters. The Labute approximate surface area is 89.1 Å². The molecule has 0 aromatic rings. The lowest BCUT2D eigenvalue weighted by Crippen LogP contribution is -2.54. The third kappa shape index (κ3) is 5.46. The molecule has 0 saturated heterocycles. The van der Waals surface area contributed by atoms with E-state index < -0.39 is 29.4 Å². The smallest absolute Gasteiger partial charge is 0.269 e. The maximum atomic E-state index is 9.87. The second-order valence-corrected chi connectivity index (χ2v) is 3.49. The van der Waals surface area contributed by atoms with Crippen molar-refractivity contribution in [2.45, 2.75) is 0 Å². The van der Waals surface area contributed by atoms with Crippen LogP contribution < -0.4 is 0 Å². The highest BCUT2D eigenvalue weighted by atomic mass is 28.4. The molecule has 0 N–H and O–H groups in total. The topological polar surface area (TPSA) is 209 Å². The summed E-state index contributed by atoms with van der Waals surface area (Å²) in [5.41, 5.74) is 0. The van der Waals surface area contributed by atoms with Gasteiger partial charge in [-0.1, -0.05) is 0 Å². The third-order valence-electron chi connectivity index (χ3n) is 0.745. The molecule has 0 radical (unpaired) electrons. The van der Waals surface area contributed by atoms with Crippen LogP contribution in [-0.4, -0.2) is 29.4 Å². The van der Waals surface area contributed by atoms with Crippen LogP contribution in [0.2, 0.25) is 0 Å². The van der Waals surface area contributed by atoms with Gasteiger partial charge in [-0.15, -0.1) is 40.5 Å². The summed E-state index contributed by atoms with van der Waals surface area (Å²) in [5.74, 6) is 0. The van der Waals surface area contributed by atoms with Gasteiger partial charge in [0.2, 0.25) is 0 Å². The Kier molecular flexibility index (Phi) is 4.29. The number of hydrogen-bond donors (Lipinski definition) is 0. The summed E-state index contributed by atoms with van der Waals surface area (Å²) in [4.78, 5) is 39.5. The highest BCUT2D eigenvalue weighted by Gasteiger charge is 2.57. The predicted octanol–water partition coefficient (Wildman–Crippen LogP) is -1.74. The van der Waals surface area contributed by atoms with Crippen LogP contribution >= 0.6 is 0 Å². The third-order valence-corrected chi connectivity index (χ3v) is 2.24. The van der Waals surface area contributed by atoms with Crippen LogP contribution in [-0.2, 0) is 18.1 Å². The Morgan fingerprint density at radius 3 is 0.882 bits per heavy atom. The van der Waals surface area contributed by atoms with Crippen molar-refractivity contribution in [1.82, 2.24) is 0 Å². The first-order valence-corrected chi connectivity index (χ1v) is 4.64. The van der Waals surface area contributed by atoms with E-state index in [-0.39, 0.29) is 0 Å². The molecule has 0 aliphatic rings. The van der Waals surface area contributed by atoms with Gasteiger partial charge in [-0.25, -0.2) is 0 Å². The quantitative estimate of drug-likeness (QED) is 0.274. The van der Waals surface area contributed by atoms with Crippen LogP contribution in [0.15, 0.2) is 0 Å². The summed E-state index contributed by atoms with van der Waals surface area (Å²) in [6.07, 6.45) is 0. The zero-order valence-corrected chi connectivity index (χ0v) is 8.19. The average molecular weight is 276 g/mol. The lowest BCUT2D eigenvalue weighted by Gasteiger charge is -2.18. The molecular formula is N4O12Si. The molecule has 17 heteroatoms. The van der Waals surface area contributed by atoms with E-state index in [0.29, 0.717) is 0 Å². The van der Waals surface area contributed by atoms with Gasteiger partial charge >= 0.3 is 9.05 Å². The fourth-order valence-electron chi connectivity index (χ4n) is 0.465. The first kappa shape index (κ1) is 14.0. The monoisotopic (exact) mass is 276 g/mol. The zero-order chi connectivity index (χ0) is 13.6. The Bertz CT molecular complexity index is 277. The Hall–Kier alpha value is -2.98. The number of hydrogen-bond acceptors (Lipinski definition) is 12. The van der Waals surface area contributed by atoms with Crippen LogP contribution in [0.5, 0.6) is 0 Å². The minimum atomic E-state index is -5.84. The molecule has 0 heterocycles. The lowest BCUT2D eigenvalue weighted by molar-refractivity contribution is -0.848. The molecule has 0 spiro atoms. The summed E-state index contributed by atoms with van der Waals surface area (Å²) in [6.45, 7) is 0.